The number of rotatable bonds is 7. The van der Waals surface area contributed by atoms with Crippen LogP contribution in [0.25, 0.3) is 0 Å². The lowest BCUT2D eigenvalue weighted by atomic mass is 10.4. The van der Waals surface area contributed by atoms with Crippen molar-refractivity contribution in [1.82, 2.24) is 4.57 Å². The molecule has 0 saturated carbocycles. The predicted octanol–water partition coefficient (Wildman–Crippen LogP) is 0.643. The molecule has 0 radical (unpaired) electrons. The van der Waals surface area contributed by atoms with Crippen LogP contribution >= 0.6 is 0 Å². The molecule has 0 unspecified atom stereocenters. The van der Waals surface area contributed by atoms with Crippen LogP contribution in [0.4, 0.5) is 0 Å². The molecule has 0 amide bonds. The molecule has 0 bridgehead atoms. The Balaban J connectivity index is 2.17. The molecule has 0 aromatic carbocycles. The first-order valence-corrected chi connectivity index (χ1v) is 4.70. The molecule has 80 valence electrons. The highest BCUT2D eigenvalue weighted by atomic mass is 16.5. The second-order valence-corrected chi connectivity index (χ2v) is 2.96. The Hall–Kier alpha value is -0.840. The first-order valence-electron chi connectivity index (χ1n) is 4.70. The highest BCUT2D eigenvalue weighted by Gasteiger charge is 1.98. The second kappa shape index (κ2) is 6.59. The van der Waals surface area contributed by atoms with Crippen LogP contribution in [0, 0.1) is 0 Å². The normalized spacial score (nSPS) is 10.7. The van der Waals surface area contributed by atoms with Gasteiger partial charge in [0.15, 0.2) is 0 Å². The average molecular weight is 199 g/mol. The van der Waals surface area contributed by atoms with Gasteiger partial charge in [-0.15, -0.1) is 0 Å². The Bertz CT molecular complexity index is 247. The van der Waals surface area contributed by atoms with Crippen molar-refractivity contribution in [3.8, 4) is 0 Å². The van der Waals surface area contributed by atoms with Gasteiger partial charge in [-0.2, -0.15) is 0 Å². The molecule has 1 N–H and O–H groups in total. The molecule has 0 aliphatic rings. The number of aromatic nitrogens is 1. The molecule has 0 saturated heterocycles. The molecule has 0 aliphatic heterocycles. The Morgan fingerprint density at radius 2 is 2.21 bits per heavy atom. The van der Waals surface area contributed by atoms with Gasteiger partial charge in [0.1, 0.15) is 0 Å². The van der Waals surface area contributed by atoms with Crippen molar-refractivity contribution in [2.75, 3.05) is 26.9 Å². The second-order valence-electron chi connectivity index (χ2n) is 2.96. The summed E-state index contributed by atoms with van der Waals surface area (Å²) in [6.07, 6.45) is 1.94. The molecular formula is C10H17NO3. The van der Waals surface area contributed by atoms with Crippen molar-refractivity contribution in [2.45, 2.75) is 13.2 Å². The van der Waals surface area contributed by atoms with Crippen LogP contribution in [0.3, 0.4) is 0 Å². The SMILES string of the molecule is COCCOCCn1cccc1CO. The van der Waals surface area contributed by atoms with E-state index in [1.807, 2.05) is 22.9 Å². The van der Waals surface area contributed by atoms with Gasteiger partial charge in [0.2, 0.25) is 0 Å². The first kappa shape index (κ1) is 11.2. The van der Waals surface area contributed by atoms with Gasteiger partial charge >= 0.3 is 0 Å². The molecule has 4 nitrogen and oxygen atoms in total. The summed E-state index contributed by atoms with van der Waals surface area (Å²) in [7, 11) is 1.65. The van der Waals surface area contributed by atoms with Crippen molar-refractivity contribution >= 4 is 0 Å². The zero-order chi connectivity index (χ0) is 10.2. The van der Waals surface area contributed by atoms with Crippen LogP contribution in [0.5, 0.6) is 0 Å². The number of hydrogen-bond donors (Lipinski definition) is 1. The van der Waals surface area contributed by atoms with E-state index in [1.165, 1.54) is 0 Å². The smallest absolute Gasteiger partial charge is 0.0832 e. The van der Waals surface area contributed by atoms with Gasteiger partial charge in [-0.25, -0.2) is 0 Å². The Morgan fingerprint density at radius 1 is 1.36 bits per heavy atom. The van der Waals surface area contributed by atoms with Crippen LogP contribution in [0.1, 0.15) is 5.69 Å². The Morgan fingerprint density at radius 3 is 2.93 bits per heavy atom. The zero-order valence-corrected chi connectivity index (χ0v) is 8.48. The summed E-state index contributed by atoms with van der Waals surface area (Å²) in [5, 5.41) is 8.97. The summed E-state index contributed by atoms with van der Waals surface area (Å²) in [6.45, 7) is 2.73. The third-order valence-corrected chi connectivity index (χ3v) is 1.99. The van der Waals surface area contributed by atoms with Gasteiger partial charge in [0.25, 0.3) is 0 Å². The first-order chi connectivity index (χ1) is 6.88. The van der Waals surface area contributed by atoms with E-state index in [1.54, 1.807) is 7.11 Å². The summed E-state index contributed by atoms with van der Waals surface area (Å²) in [5.41, 5.74) is 0.917. The summed E-state index contributed by atoms with van der Waals surface area (Å²) >= 11 is 0. The highest BCUT2D eigenvalue weighted by Crippen LogP contribution is 2.01. The summed E-state index contributed by atoms with van der Waals surface area (Å²) in [5.74, 6) is 0. The molecule has 0 atom stereocenters. The highest BCUT2D eigenvalue weighted by molar-refractivity contribution is 5.05. The van der Waals surface area contributed by atoms with E-state index in [-0.39, 0.29) is 6.61 Å². The molecule has 1 aromatic heterocycles. The van der Waals surface area contributed by atoms with Crippen molar-refractivity contribution in [3.63, 3.8) is 0 Å². The maximum atomic E-state index is 8.97. The largest absolute Gasteiger partial charge is 0.390 e. The van der Waals surface area contributed by atoms with E-state index in [9.17, 15) is 0 Å². The minimum absolute atomic E-state index is 0.0745. The van der Waals surface area contributed by atoms with Crippen LogP contribution in [0.15, 0.2) is 18.3 Å². The Labute approximate surface area is 84.1 Å². The molecule has 1 heterocycles. The zero-order valence-electron chi connectivity index (χ0n) is 8.48. The van der Waals surface area contributed by atoms with Crippen LogP contribution in [-0.2, 0) is 22.6 Å². The third-order valence-electron chi connectivity index (χ3n) is 1.99. The summed E-state index contributed by atoms with van der Waals surface area (Å²) < 4.78 is 12.2. The molecule has 1 rings (SSSR count). The standard InChI is InChI=1S/C10H17NO3/c1-13-7-8-14-6-5-11-4-2-3-10(11)9-12/h2-4,12H,5-9H2,1H3. The Kier molecular flexibility index (Phi) is 5.29. The minimum atomic E-state index is 0.0745. The monoisotopic (exact) mass is 199 g/mol. The van der Waals surface area contributed by atoms with E-state index in [0.717, 1.165) is 12.2 Å². The number of aliphatic hydroxyl groups excluding tert-OH is 1. The van der Waals surface area contributed by atoms with Crippen molar-refractivity contribution in [1.29, 1.82) is 0 Å². The van der Waals surface area contributed by atoms with Gasteiger partial charge in [-0.1, -0.05) is 0 Å². The van der Waals surface area contributed by atoms with Crippen molar-refractivity contribution in [3.05, 3.63) is 24.0 Å². The van der Waals surface area contributed by atoms with Gasteiger partial charge in [0.05, 0.1) is 26.4 Å². The van der Waals surface area contributed by atoms with Gasteiger partial charge in [0, 0.05) is 25.5 Å². The number of ether oxygens (including phenoxy) is 2. The minimum Gasteiger partial charge on any atom is -0.390 e. The lowest BCUT2D eigenvalue weighted by Gasteiger charge is -2.07. The molecule has 4 heteroatoms. The number of aliphatic hydroxyl groups is 1. The van der Waals surface area contributed by atoms with E-state index in [0.29, 0.717) is 19.8 Å². The molecule has 0 aliphatic carbocycles. The van der Waals surface area contributed by atoms with E-state index >= 15 is 0 Å². The number of nitrogens with zero attached hydrogens (tertiary/aromatic N) is 1. The van der Waals surface area contributed by atoms with Gasteiger partial charge in [-0.3, -0.25) is 0 Å². The fourth-order valence-electron chi connectivity index (χ4n) is 1.22. The predicted molar refractivity (Wildman–Crippen MR) is 53.0 cm³/mol. The lowest BCUT2D eigenvalue weighted by molar-refractivity contribution is 0.0660. The van der Waals surface area contributed by atoms with E-state index < -0.39 is 0 Å². The molecule has 14 heavy (non-hydrogen) atoms. The van der Waals surface area contributed by atoms with E-state index in [4.69, 9.17) is 14.6 Å². The molecule has 1 aromatic rings. The lowest BCUT2D eigenvalue weighted by Crippen LogP contribution is -2.10. The van der Waals surface area contributed by atoms with E-state index in [2.05, 4.69) is 0 Å². The van der Waals surface area contributed by atoms with Gasteiger partial charge < -0.3 is 19.1 Å². The van der Waals surface area contributed by atoms with Crippen LogP contribution in [0.2, 0.25) is 0 Å². The molecule has 0 fully saturated rings. The summed E-state index contributed by atoms with van der Waals surface area (Å²) in [6, 6.07) is 3.82. The van der Waals surface area contributed by atoms with Crippen molar-refractivity contribution < 1.29 is 14.6 Å². The molecule has 0 spiro atoms. The third kappa shape index (κ3) is 3.49. The quantitative estimate of drug-likeness (QED) is 0.655. The topological polar surface area (TPSA) is 43.6 Å². The molecular weight excluding hydrogens is 182 g/mol. The van der Waals surface area contributed by atoms with Crippen molar-refractivity contribution in [2.24, 2.45) is 0 Å². The number of hydrogen-bond acceptors (Lipinski definition) is 3. The maximum Gasteiger partial charge on any atom is 0.0832 e. The average Bonchev–Trinajstić information content (AvgIpc) is 2.65. The maximum absolute atomic E-state index is 8.97. The van der Waals surface area contributed by atoms with Gasteiger partial charge in [-0.05, 0) is 12.1 Å². The van der Waals surface area contributed by atoms with Crippen LogP contribution < -0.4 is 0 Å². The summed E-state index contributed by atoms with van der Waals surface area (Å²) in [4.78, 5) is 0. The van der Waals surface area contributed by atoms with Crippen LogP contribution in [-0.4, -0.2) is 36.6 Å². The number of methoxy groups -OCH3 is 1. The fraction of sp³-hybridized carbons (Fsp3) is 0.600. The fourth-order valence-corrected chi connectivity index (χ4v) is 1.22.